The van der Waals surface area contributed by atoms with E-state index < -0.39 is 10.0 Å². The zero-order chi connectivity index (χ0) is 23.3. The predicted molar refractivity (Wildman–Crippen MR) is 126 cm³/mol. The van der Waals surface area contributed by atoms with Crippen LogP contribution in [0.25, 0.3) is 0 Å². The van der Waals surface area contributed by atoms with Crippen molar-refractivity contribution in [3.05, 3.63) is 59.7 Å². The molecule has 3 rings (SSSR count). The molecular formula is C25H34N2O4S. The monoisotopic (exact) mass is 458 g/mol. The van der Waals surface area contributed by atoms with Crippen LogP contribution in [0.3, 0.4) is 0 Å². The molecule has 1 amide bonds. The second-order valence-electron chi connectivity index (χ2n) is 8.67. The van der Waals surface area contributed by atoms with E-state index in [0.29, 0.717) is 49.9 Å². The Labute approximate surface area is 192 Å². The minimum atomic E-state index is -3.53. The van der Waals surface area contributed by atoms with Crippen molar-refractivity contribution in [2.75, 3.05) is 26.7 Å². The van der Waals surface area contributed by atoms with E-state index >= 15 is 0 Å². The van der Waals surface area contributed by atoms with E-state index in [2.05, 4.69) is 13.8 Å². The van der Waals surface area contributed by atoms with E-state index in [4.69, 9.17) is 4.74 Å². The molecular weight excluding hydrogens is 424 g/mol. The van der Waals surface area contributed by atoms with Gasteiger partial charge in [0.2, 0.25) is 15.9 Å². The van der Waals surface area contributed by atoms with Gasteiger partial charge in [0.15, 0.2) is 0 Å². The summed E-state index contributed by atoms with van der Waals surface area (Å²) in [5.74, 6) is 1.08. The normalized spacial score (nSPS) is 15.7. The summed E-state index contributed by atoms with van der Waals surface area (Å²) in [5, 5.41) is 0. The molecule has 0 saturated carbocycles. The van der Waals surface area contributed by atoms with E-state index in [1.165, 1.54) is 4.31 Å². The Kier molecular flexibility index (Phi) is 7.96. The molecule has 0 aliphatic carbocycles. The number of carbonyl (C=O) groups is 1. The minimum absolute atomic E-state index is 0.0669. The van der Waals surface area contributed by atoms with Crippen LogP contribution < -0.4 is 4.74 Å². The maximum absolute atomic E-state index is 13.0. The summed E-state index contributed by atoms with van der Waals surface area (Å²) in [4.78, 5) is 15.0. The summed E-state index contributed by atoms with van der Waals surface area (Å²) >= 11 is 0. The van der Waals surface area contributed by atoms with Gasteiger partial charge in [0.1, 0.15) is 5.75 Å². The topological polar surface area (TPSA) is 66.9 Å². The second kappa shape index (κ2) is 10.5. The average molecular weight is 459 g/mol. The van der Waals surface area contributed by atoms with Crippen LogP contribution in [0.4, 0.5) is 0 Å². The van der Waals surface area contributed by atoms with Crippen molar-refractivity contribution < 1.29 is 17.9 Å². The first-order valence-electron chi connectivity index (χ1n) is 11.3. The van der Waals surface area contributed by atoms with Crippen molar-refractivity contribution in [3.63, 3.8) is 0 Å². The lowest BCUT2D eigenvalue weighted by molar-refractivity contribution is -0.135. The highest BCUT2D eigenvalue weighted by Gasteiger charge is 2.33. The van der Waals surface area contributed by atoms with Crippen molar-refractivity contribution >= 4 is 15.9 Å². The van der Waals surface area contributed by atoms with Crippen LogP contribution in [0.15, 0.2) is 53.4 Å². The fourth-order valence-electron chi connectivity index (χ4n) is 4.04. The molecule has 7 heteroatoms. The zero-order valence-corrected chi connectivity index (χ0v) is 20.3. The van der Waals surface area contributed by atoms with Crippen LogP contribution in [0.5, 0.6) is 5.75 Å². The third-order valence-electron chi connectivity index (χ3n) is 6.02. The highest BCUT2D eigenvalue weighted by molar-refractivity contribution is 7.89. The molecule has 1 aliphatic heterocycles. The smallest absolute Gasteiger partial charge is 0.243 e. The number of carbonyl (C=O) groups excluding carboxylic acids is 1. The molecule has 2 aromatic rings. The number of piperidine rings is 1. The number of rotatable bonds is 8. The summed E-state index contributed by atoms with van der Waals surface area (Å²) in [6.45, 7) is 7.97. The van der Waals surface area contributed by atoms with Gasteiger partial charge in [-0.05, 0) is 61.1 Å². The summed E-state index contributed by atoms with van der Waals surface area (Å²) in [6.07, 6.45) is 1.07. The molecule has 0 spiro atoms. The van der Waals surface area contributed by atoms with Crippen LogP contribution in [-0.2, 0) is 21.4 Å². The first-order valence-corrected chi connectivity index (χ1v) is 12.7. The van der Waals surface area contributed by atoms with Gasteiger partial charge in [-0.1, -0.05) is 38.1 Å². The maximum atomic E-state index is 13.0. The lowest BCUT2D eigenvalue weighted by Gasteiger charge is -2.32. The van der Waals surface area contributed by atoms with Crippen LogP contribution in [0.2, 0.25) is 0 Å². The van der Waals surface area contributed by atoms with Gasteiger partial charge in [-0.3, -0.25) is 4.79 Å². The molecule has 1 heterocycles. The number of sulfonamides is 1. The summed E-state index contributed by atoms with van der Waals surface area (Å²) in [6, 6.07) is 14.9. The molecule has 1 saturated heterocycles. The number of nitrogens with zero attached hydrogens (tertiary/aromatic N) is 2. The molecule has 1 aliphatic rings. The molecule has 0 atom stereocenters. The van der Waals surface area contributed by atoms with Gasteiger partial charge in [-0.2, -0.15) is 4.31 Å². The van der Waals surface area contributed by atoms with Crippen molar-refractivity contribution in [2.45, 2.75) is 51.0 Å². The van der Waals surface area contributed by atoms with Gasteiger partial charge >= 0.3 is 0 Å². The Morgan fingerprint density at radius 3 is 2.19 bits per heavy atom. The Bertz CT molecular complexity index is 993. The van der Waals surface area contributed by atoms with Crippen molar-refractivity contribution in [2.24, 2.45) is 5.92 Å². The molecule has 0 unspecified atom stereocenters. The molecule has 1 fully saturated rings. The Hall–Kier alpha value is -2.38. The molecule has 6 nitrogen and oxygen atoms in total. The summed E-state index contributed by atoms with van der Waals surface area (Å²) < 4.78 is 33.0. The fraction of sp³-hybridized carbons (Fsp3) is 0.480. The van der Waals surface area contributed by atoms with Gasteiger partial charge in [0.25, 0.3) is 0 Å². The van der Waals surface area contributed by atoms with E-state index in [1.54, 1.807) is 24.1 Å². The van der Waals surface area contributed by atoms with E-state index in [1.807, 2.05) is 43.3 Å². The van der Waals surface area contributed by atoms with Gasteiger partial charge in [-0.25, -0.2) is 8.42 Å². The van der Waals surface area contributed by atoms with Crippen LogP contribution in [0.1, 0.15) is 50.7 Å². The predicted octanol–water partition coefficient (Wildman–Crippen LogP) is 4.27. The Balaban J connectivity index is 1.56. The molecule has 32 heavy (non-hydrogen) atoms. The van der Waals surface area contributed by atoms with Crippen molar-refractivity contribution in [3.8, 4) is 5.75 Å². The Morgan fingerprint density at radius 1 is 1.06 bits per heavy atom. The molecule has 174 valence electrons. The largest absolute Gasteiger partial charge is 0.494 e. The first-order chi connectivity index (χ1) is 15.2. The van der Waals surface area contributed by atoms with Gasteiger partial charge in [0.05, 0.1) is 11.5 Å². The SMILES string of the molecule is CCOc1ccc(CN(C)C(=O)C2CCN(S(=O)(=O)c3ccc(C(C)C)cc3)CC2)cc1. The number of amides is 1. The Morgan fingerprint density at radius 2 is 1.66 bits per heavy atom. The standard InChI is InChI=1S/C25H34N2O4S/c1-5-31-23-10-6-20(7-11-23)18-26(4)25(28)22-14-16-27(17-15-22)32(29,30)24-12-8-21(9-13-24)19(2)3/h6-13,19,22H,5,14-18H2,1-4H3. The van der Waals surface area contributed by atoms with Gasteiger partial charge < -0.3 is 9.64 Å². The maximum Gasteiger partial charge on any atom is 0.243 e. The van der Waals surface area contributed by atoms with Gasteiger partial charge in [0, 0.05) is 32.6 Å². The lowest BCUT2D eigenvalue weighted by atomic mass is 9.96. The van der Waals surface area contributed by atoms with Gasteiger partial charge in [-0.15, -0.1) is 0 Å². The summed E-state index contributed by atoms with van der Waals surface area (Å²) in [5.41, 5.74) is 2.15. The molecule has 0 aromatic heterocycles. The van der Waals surface area contributed by atoms with Crippen LogP contribution in [0, 0.1) is 5.92 Å². The van der Waals surface area contributed by atoms with Crippen LogP contribution >= 0.6 is 0 Å². The third kappa shape index (κ3) is 5.70. The third-order valence-corrected chi connectivity index (χ3v) is 7.93. The number of ether oxygens (including phenoxy) is 1. The van der Waals surface area contributed by atoms with E-state index in [-0.39, 0.29) is 11.8 Å². The highest BCUT2D eigenvalue weighted by atomic mass is 32.2. The van der Waals surface area contributed by atoms with Crippen molar-refractivity contribution in [1.82, 2.24) is 9.21 Å². The fourth-order valence-corrected chi connectivity index (χ4v) is 5.51. The second-order valence-corrected chi connectivity index (χ2v) is 10.6. The van der Waals surface area contributed by atoms with Crippen LogP contribution in [-0.4, -0.2) is 50.3 Å². The number of benzene rings is 2. The molecule has 0 radical (unpaired) electrons. The lowest BCUT2D eigenvalue weighted by Crippen LogP contribution is -2.43. The molecule has 0 N–H and O–H groups in total. The summed E-state index contributed by atoms with van der Waals surface area (Å²) in [7, 11) is -1.73. The average Bonchev–Trinajstić information content (AvgIpc) is 2.80. The molecule has 0 bridgehead atoms. The van der Waals surface area contributed by atoms with Crippen molar-refractivity contribution in [1.29, 1.82) is 0 Å². The minimum Gasteiger partial charge on any atom is -0.494 e. The zero-order valence-electron chi connectivity index (χ0n) is 19.5. The first kappa shape index (κ1) is 24.3. The quantitative estimate of drug-likeness (QED) is 0.593. The van der Waals surface area contributed by atoms with E-state index in [9.17, 15) is 13.2 Å². The van der Waals surface area contributed by atoms with E-state index in [0.717, 1.165) is 16.9 Å². The highest BCUT2D eigenvalue weighted by Crippen LogP contribution is 2.26. The number of hydrogen-bond acceptors (Lipinski definition) is 4. The number of hydrogen-bond donors (Lipinski definition) is 0. The molecule has 2 aromatic carbocycles.